The second-order valence-electron chi connectivity index (χ2n) is 4.28. The second kappa shape index (κ2) is 6.73. The molecule has 0 aliphatic heterocycles. The highest BCUT2D eigenvalue weighted by Gasteiger charge is 2.07. The number of hydrogen-bond acceptors (Lipinski definition) is 3. The third-order valence-corrected chi connectivity index (χ3v) is 3.49. The molecule has 0 saturated carbocycles. The van der Waals surface area contributed by atoms with Gasteiger partial charge in [-0.2, -0.15) is 0 Å². The average Bonchev–Trinajstić information content (AvgIpc) is 2.62. The summed E-state index contributed by atoms with van der Waals surface area (Å²) in [6, 6.07) is 3.36. The van der Waals surface area contributed by atoms with Gasteiger partial charge in [-0.05, 0) is 37.3 Å². The minimum Gasteiger partial charge on any atom is -0.494 e. The molecule has 0 saturated heterocycles. The number of hydrogen-bond donors (Lipinski definition) is 2. The van der Waals surface area contributed by atoms with E-state index < -0.39 is 0 Å². The van der Waals surface area contributed by atoms with Crippen LogP contribution in [0.25, 0.3) is 0 Å². The van der Waals surface area contributed by atoms with Crippen LogP contribution in [0.3, 0.4) is 0 Å². The van der Waals surface area contributed by atoms with Crippen LogP contribution in [-0.2, 0) is 4.74 Å². The van der Waals surface area contributed by atoms with Crippen LogP contribution >= 0.6 is 23.2 Å². The van der Waals surface area contributed by atoms with Crippen LogP contribution in [0.15, 0.2) is 47.9 Å². The van der Waals surface area contributed by atoms with Gasteiger partial charge in [0, 0.05) is 12.1 Å². The summed E-state index contributed by atoms with van der Waals surface area (Å²) in [4.78, 5) is 0. The predicted molar refractivity (Wildman–Crippen MR) is 86.0 cm³/mol. The molecule has 0 radical (unpaired) electrons. The van der Waals surface area contributed by atoms with Gasteiger partial charge in [-0.1, -0.05) is 29.3 Å². The van der Waals surface area contributed by atoms with E-state index in [1.54, 1.807) is 12.1 Å². The van der Waals surface area contributed by atoms with Gasteiger partial charge in [-0.25, -0.2) is 0 Å². The van der Waals surface area contributed by atoms with E-state index in [1.165, 1.54) is 0 Å². The molecule has 20 heavy (non-hydrogen) atoms. The van der Waals surface area contributed by atoms with Crippen LogP contribution in [0.4, 0.5) is 11.4 Å². The molecule has 1 aromatic carbocycles. The first-order valence-corrected chi connectivity index (χ1v) is 7.07. The van der Waals surface area contributed by atoms with Crippen molar-refractivity contribution < 1.29 is 4.74 Å². The number of rotatable bonds is 4. The number of nitrogens with one attached hydrogen (secondary N) is 1. The van der Waals surface area contributed by atoms with Crippen molar-refractivity contribution >= 4 is 34.6 Å². The van der Waals surface area contributed by atoms with E-state index in [0.717, 1.165) is 23.6 Å². The zero-order chi connectivity index (χ0) is 14.5. The SMILES string of the molecule is CCOC1=CC=C(Nc2cc(Cl)c(Cl)cc2N)CC=C1. The third kappa shape index (κ3) is 3.71. The Morgan fingerprint density at radius 3 is 2.75 bits per heavy atom. The van der Waals surface area contributed by atoms with Crippen LogP contribution < -0.4 is 11.1 Å². The van der Waals surface area contributed by atoms with E-state index in [-0.39, 0.29) is 0 Å². The molecule has 1 aromatic rings. The van der Waals surface area contributed by atoms with Crippen molar-refractivity contribution in [3.63, 3.8) is 0 Å². The minimum atomic E-state index is 0.447. The zero-order valence-electron chi connectivity index (χ0n) is 11.1. The van der Waals surface area contributed by atoms with Gasteiger partial charge in [0.25, 0.3) is 0 Å². The monoisotopic (exact) mass is 310 g/mol. The molecule has 0 aromatic heterocycles. The van der Waals surface area contributed by atoms with Gasteiger partial charge in [0.05, 0.1) is 28.0 Å². The molecule has 0 unspecified atom stereocenters. The van der Waals surface area contributed by atoms with Crippen LogP contribution in [0.2, 0.25) is 10.0 Å². The van der Waals surface area contributed by atoms with E-state index in [2.05, 4.69) is 5.32 Å². The molecule has 0 atom stereocenters. The Labute approximate surface area is 128 Å². The maximum absolute atomic E-state index is 6.01. The summed E-state index contributed by atoms with van der Waals surface area (Å²) in [7, 11) is 0. The quantitative estimate of drug-likeness (QED) is 0.789. The normalized spacial score (nSPS) is 14.3. The maximum Gasteiger partial charge on any atom is 0.119 e. The van der Waals surface area contributed by atoms with Gasteiger partial charge in [-0.3, -0.25) is 0 Å². The molecular weight excluding hydrogens is 295 g/mol. The van der Waals surface area contributed by atoms with Crippen LogP contribution in [0.1, 0.15) is 13.3 Å². The number of halogens is 2. The molecule has 106 valence electrons. The first kappa shape index (κ1) is 14.8. The maximum atomic E-state index is 6.01. The molecule has 2 rings (SSSR count). The summed E-state index contributed by atoms with van der Waals surface area (Å²) in [5.41, 5.74) is 8.23. The van der Waals surface area contributed by atoms with Crippen molar-refractivity contribution in [2.24, 2.45) is 0 Å². The van der Waals surface area contributed by atoms with E-state index >= 15 is 0 Å². The Kier molecular flexibility index (Phi) is 4.99. The van der Waals surface area contributed by atoms with Crippen molar-refractivity contribution in [2.75, 3.05) is 17.7 Å². The van der Waals surface area contributed by atoms with Crippen molar-refractivity contribution in [3.05, 3.63) is 57.9 Å². The van der Waals surface area contributed by atoms with E-state index in [1.807, 2.05) is 31.2 Å². The Balaban J connectivity index is 2.18. The lowest BCUT2D eigenvalue weighted by atomic mass is 10.2. The zero-order valence-corrected chi connectivity index (χ0v) is 12.6. The standard InChI is InChI=1S/C15H16Cl2N2O/c1-2-20-11-5-3-4-10(6-7-11)19-15-9-13(17)12(16)8-14(15)18/h3,5-9,19H,2,4,18H2,1H3. The fourth-order valence-corrected chi connectivity index (χ4v) is 2.14. The highest BCUT2D eigenvalue weighted by molar-refractivity contribution is 6.42. The van der Waals surface area contributed by atoms with Gasteiger partial charge >= 0.3 is 0 Å². The topological polar surface area (TPSA) is 47.3 Å². The second-order valence-corrected chi connectivity index (χ2v) is 5.09. The van der Waals surface area contributed by atoms with E-state index in [9.17, 15) is 0 Å². The molecule has 0 heterocycles. The third-order valence-electron chi connectivity index (χ3n) is 2.77. The highest BCUT2D eigenvalue weighted by atomic mass is 35.5. The molecule has 0 spiro atoms. The van der Waals surface area contributed by atoms with Crippen molar-refractivity contribution in [1.29, 1.82) is 0 Å². The largest absolute Gasteiger partial charge is 0.494 e. The summed E-state index contributed by atoms with van der Waals surface area (Å²) < 4.78 is 5.46. The summed E-state index contributed by atoms with van der Waals surface area (Å²) >= 11 is 11.9. The number of benzene rings is 1. The lowest BCUT2D eigenvalue weighted by molar-refractivity contribution is 0.242. The van der Waals surface area contributed by atoms with Gasteiger partial charge in [0.15, 0.2) is 0 Å². The molecule has 1 aliphatic rings. The molecule has 3 N–H and O–H groups in total. The van der Waals surface area contributed by atoms with E-state index in [4.69, 9.17) is 33.7 Å². The molecular formula is C15H16Cl2N2O. The van der Waals surface area contributed by atoms with Gasteiger partial charge in [0.1, 0.15) is 5.76 Å². The van der Waals surface area contributed by atoms with Crippen LogP contribution in [0, 0.1) is 0 Å². The molecule has 5 heteroatoms. The molecule has 3 nitrogen and oxygen atoms in total. The average molecular weight is 311 g/mol. The summed E-state index contributed by atoms with van der Waals surface area (Å²) in [6.45, 7) is 2.60. The fraction of sp³-hybridized carbons (Fsp3) is 0.200. The fourth-order valence-electron chi connectivity index (χ4n) is 1.81. The summed E-state index contributed by atoms with van der Waals surface area (Å²) in [6.07, 6.45) is 8.62. The van der Waals surface area contributed by atoms with Crippen LogP contribution in [-0.4, -0.2) is 6.61 Å². The number of ether oxygens (including phenoxy) is 1. The van der Waals surface area contributed by atoms with E-state index in [0.29, 0.717) is 22.3 Å². The summed E-state index contributed by atoms with van der Waals surface area (Å²) in [5, 5.41) is 4.18. The van der Waals surface area contributed by atoms with Crippen molar-refractivity contribution in [2.45, 2.75) is 13.3 Å². The lowest BCUT2D eigenvalue weighted by Crippen LogP contribution is -2.02. The number of nitrogens with two attached hydrogens (primary N) is 1. The first-order chi connectivity index (χ1) is 9.60. The molecule has 0 amide bonds. The summed E-state index contributed by atoms with van der Waals surface area (Å²) in [5.74, 6) is 0.839. The Morgan fingerprint density at radius 1 is 1.25 bits per heavy atom. The predicted octanol–water partition coefficient (Wildman–Crippen LogP) is 4.75. The van der Waals surface area contributed by atoms with Crippen LogP contribution in [0.5, 0.6) is 0 Å². The highest BCUT2D eigenvalue weighted by Crippen LogP contribution is 2.32. The Morgan fingerprint density at radius 2 is 2.00 bits per heavy atom. The first-order valence-electron chi connectivity index (χ1n) is 6.32. The smallest absolute Gasteiger partial charge is 0.119 e. The lowest BCUT2D eigenvalue weighted by Gasteiger charge is -2.12. The Hall–Kier alpha value is -1.58. The number of anilines is 2. The van der Waals surface area contributed by atoms with Gasteiger partial charge < -0.3 is 15.8 Å². The minimum absolute atomic E-state index is 0.447. The molecule has 0 bridgehead atoms. The molecule has 0 fully saturated rings. The number of nitrogen functional groups attached to an aromatic ring is 1. The Bertz CT molecular complexity index is 592. The van der Waals surface area contributed by atoms with Crippen molar-refractivity contribution in [3.8, 4) is 0 Å². The van der Waals surface area contributed by atoms with Crippen molar-refractivity contribution in [1.82, 2.24) is 0 Å². The van der Waals surface area contributed by atoms with Gasteiger partial charge in [0.2, 0.25) is 0 Å². The number of allylic oxidation sites excluding steroid dienone is 4. The molecule has 1 aliphatic carbocycles. The van der Waals surface area contributed by atoms with Gasteiger partial charge in [-0.15, -0.1) is 0 Å².